The number of phenols is 1. The summed E-state index contributed by atoms with van der Waals surface area (Å²) in [4.78, 5) is 1.76. The van der Waals surface area contributed by atoms with Gasteiger partial charge in [0.05, 0.1) is 10.0 Å². The van der Waals surface area contributed by atoms with E-state index in [2.05, 4.69) is 0 Å². The Morgan fingerprint density at radius 2 is 1.68 bits per heavy atom. The largest absolute Gasteiger partial charge is 0.506 e. The van der Waals surface area contributed by atoms with Crippen molar-refractivity contribution in [1.82, 2.24) is 9.21 Å². The summed E-state index contributed by atoms with van der Waals surface area (Å²) in [5, 5.41) is 9.26. The van der Waals surface area contributed by atoms with Crippen LogP contribution in [0.25, 0.3) is 0 Å². The first-order chi connectivity index (χ1) is 8.66. The monoisotopic (exact) mass is 326 g/mol. The summed E-state index contributed by atoms with van der Waals surface area (Å²) in [7, 11) is 1.45. The molecule has 8 heteroatoms. The van der Waals surface area contributed by atoms with E-state index in [1.54, 1.807) is 0 Å². The van der Waals surface area contributed by atoms with Gasteiger partial charge in [-0.25, -0.2) is 8.42 Å². The van der Waals surface area contributed by atoms with Crippen LogP contribution in [0.5, 0.6) is 5.75 Å². The Bertz CT molecular complexity index is 561. The molecule has 0 aliphatic rings. The predicted octanol–water partition coefficient (Wildman–Crippen LogP) is 1.88. The quantitative estimate of drug-likeness (QED) is 0.897. The Morgan fingerprint density at radius 1 is 1.11 bits per heavy atom. The van der Waals surface area contributed by atoms with Crippen LogP contribution >= 0.6 is 23.2 Å². The van der Waals surface area contributed by atoms with Crippen LogP contribution in [0, 0.1) is 0 Å². The summed E-state index contributed by atoms with van der Waals surface area (Å²) < 4.78 is 25.8. The molecule has 0 saturated carbocycles. The Morgan fingerprint density at radius 3 is 2.21 bits per heavy atom. The van der Waals surface area contributed by atoms with Crippen LogP contribution in [0.3, 0.4) is 0 Å². The maximum atomic E-state index is 12.3. The Labute approximate surface area is 123 Å². The van der Waals surface area contributed by atoms with Gasteiger partial charge < -0.3 is 10.0 Å². The lowest BCUT2D eigenvalue weighted by molar-refractivity contribution is 0.358. The third-order valence-electron chi connectivity index (χ3n) is 2.55. The molecular weight excluding hydrogens is 311 g/mol. The van der Waals surface area contributed by atoms with E-state index in [1.165, 1.54) is 11.4 Å². The van der Waals surface area contributed by atoms with Crippen molar-refractivity contribution in [2.75, 3.05) is 34.2 Å². The van der Waals surface area contributed by atoms with Gasteiger partial charge >= 0.3 is 0 Å². The van der Waals surface area contributed by atoms with Gasteiger partial charge in [-0.2, -0.15) is 4.31 Å². The molecule has 0 amide bonds. The highest BCUT2D eigenvalue weighted by Crippen LogP contribution is 2.33. The lowest BCUT2D eigenvalue weighted by Gasteiger charge is -2.20. The minimum atomic E-state index is -3.73. The Balaban J connectivity index is 3.10. The van der Waals surface area contributed by atoms with E-state index < -0.39 is 10.0 Å². The molecule has 0 spiro atoms. The maximum Gasteiger partial charge on any atom is 0.244 e. The Kier molecular flexibility index (Phi) is 5.46. The van der Waals surface area contributed by atoms with Crippen molar-refractivity contribution in [1.29, 1.82) is 0 Å². The topological polar surface area (TPSA) is 60.9 Å². The van der Waals surface area contributed by atoms with Crippen LogP contribution in [0.15, 0.2) is 17.0 Å². The second kappa shape index (κ2) is 6.28. The van der Waals surface area contributed by atoms with Crippen molar-refractivity contribution in [2.24, 2.45) is 0 Å². The highest BCUT2D eigenvalue weighted by atomic mass is 35.5. The summed E-state index contributed by atoms with van der Waals surface area (Å²) >= 11 is 11.6. The van der Waals surface area contributed by atoms with Crippen molar-refractivity contribution in [3.05, 3.63) is 22.2 Å². The van der Waals surface area contributed by atoms with Crippen LogP contribution in [0.4, 0.5) is 0 Å². The van der Waals surface area contributed by atoms with Crippen LogP contribution in [-0.4, -0.2) is 57.0 Å². The van der Waals surface area contributed by atoms with Gasteiger partial charge in [0.15, 0.2) is 0 Å². The number of rotatable bonds is 5. The summed E-state index contributed by atoms with van der Waals surface area (Å²) in [6.07, 6.45) is 0. The summed E-state index contributed by atoms with van der Waals surface area (Å²) in [5.74, 6) is -0.249. The smallest absolute Gasteiger partial charge is 0.244 e. The second-order valence-electron chi connectivity index (χ2n) is 4.36. The van der Waals surface area contributed by atoms with Crippen molar-refractivity contribution in [2.45, 2.75) is 4.90 Å². The minimum absolute atomic E-state index is 0.0519. The Hall–Kier alpha value is -0.530. The highest BCUT2D eigenvalue weighted by molar-refractivity contribution is 7.89. The van der Waals surface area contributed by atoms with Crippen molar-refractivity contribution in [3.63, 3.8) is 0 Å². The van der Waals surface area contributed by atoms with E-state index in [4.69, 9.17) is 23.2 Å². The normalized spacial score (nSPS) is 12.4. The molecule has 0 aromatic heterocycles. The standard InChI is InChI=1S/C11H16Cl2N2O3S/c1-14(2)4-5-15(3)19(17,18)11-7-8(12)10(16)6-9(11)13/h6-7,16H,4-5H2,1-3H3. The first kappa shape index (κ1) is 16.5. The third-order valence-corrected chi connectivity index (χ3v) is 5.18. The molecule has 5 nitrogen and oxygen atoms in total. The number of nitrogens with zero attached hydrogens (tertiary/aromatic N) is 2. The van der Waals surface area contributed by atoms with E-state index in [-0.39, 0.29) is 20.7 Å². The van der Waals surface area contributed by atoms with Crippen molar-refractivity contribution < 1.29 is 13.5 Å². The van der Waals surface area contributed by atoms with Gasteiger partial charge in [0.2, 0.25) is 10.0 Å². The lowest BCUT2D eigenvalue weighted by atomic mass is 10.3. The summed E-state index contributed by atoms with van der Waals surface area (Å²) in [6.45, 7) is 0.906. The maximum absolute atomic E-state index is 12.3. The third kappa shape index (κ3) is 3.97. The molecule has 1 aromatic carbocycles. The summed E-state index contributed by atoms with van der Waals surface area (Å²) in [5.41, 5.74) is 0. The molecule has 0 unspecified atom stereocenters. The fourth-order valence-electron chi connectivity index (χ4n) is 1.34. The van der Waals surface area contributed by atoms with Gasteiger partial charge in [0, 0.05) is 26.2 Å². The molecule has 0 heterocycles. The molecule has 1 N–H and O–H groups in total. The molecule has 19 heavy (non-hydrogen) atoms. The molecule has 0 bridgehead atoms. The van der Waals surface area contributed by atoms with Gasteiger partial charge in [0.25, 0.3) is 0 Å². The number of sulfonamides is 1. The lowest BCUT2D eigenvalue weighted by Crippen LogP contribution is -2.33. The molecule has 0 saturated heterocycles. The van der Waals surface area contributed by atoms with Crippen LogP contribution in [0.1, 0.15) is 0 Å². The number of phenolic OH excluding ortho intramolecular Hbond substituents is 1. The van der Waals surface area contributed by atoms with E-state index >= 15 is 0 Å². The number of halogens is 2. The van der Waals surface area contributed by atoms with Gasteiger partial charge in [-0.05, 0) is 20.2 Å². The minimum Gasteiger partial charge on any atom is -0.506 e. The van der Waals surface area contributed by atoms with Crippen LogP contribution in [0.2, 0.25) is 10.0 Å². The zero-order valence-corrected chi connectivity index (χ0v) is 13.2. The van der Waals surface area contributed by atoms with E-state index in [9.17, 15) is 13.5 Å². The number of hydrogen-bond acceptors (Lipinski definition) is 4. The van der Waals surface area contributed by atoms with Crippen LogP contribution in [-0.2, 0) is 10.0 Å². The zero-order chi connectivity index (χ0) is 14.8. The molecule has 0 radical (unpaired) electrons. The molecule has 0 aliphatic carbocycles. The van der Waals surface area contributed by atoms with E-state index in [1.807, 2.05) is 19.0 Å². The van der Waals surface area contributed by atoms with Crippen molar-refractivity contribution in [3.8, 4) is 5.75 Å². The van der Waals surface area contributed by atoms with E-state index in [0.717, 1.165) is 12.1 Å². The average molecular weight is 327 g/mol. The van der Waals surface area contributed by atoms with Gasteiger partial charge in [0.1, 0.15) is 10.6 Å². The molecule has 0 aliphatic heterocycles. The van der Waals surface area contributed by atoms with E-state index in [0.29, 0.717) is 13.1 Å². The fraction of sp³-hybridized carbons (Fsp3) is 0.455. The molecule has 1 aromatic rings. The molecule has 1 rings (SSSR count). The highest BCUT2D eigenvalue weighted by Gasteiger charge is 2.24. The molecule has 108 valence electrons. The molecule has 0 fully saturated rings. The first-order valence-electron chi connectivity index (χ1n) is 5.45. The second-order valence-corrected chi connectivity index (χ2v) is 7.19. The first-order valence-corrected chi connectivity index (χ1v) is 7.65. The zero-order valence-electron chi connectivity index (χ0n) is 10.9. The van der Waals surface area contributed by atoms with Gasteiger partial charge in [-0.1, -0.05) is 23.2 Å². The summed E-state index contributed by atoms with van der Waals surface area (Å²) in [6, 6.07) is 2.28. The predicted molar refractivity (Wildman–Crippen MR) is 76.5 cm³/mol. The SMILES string of the molecule is CN(C)CCN(C)S(=O)(=O)c1cc(Cl)c(O)cc1Cl. The molecule has 0 atom stereocenters. The molecular formula is C11H16Cl2N2O3S. The number of likely N-dealkylation sites (N-methyl/N-ethyl adjacent to an activating group) is 2. The van der Waals surface area contributed by atoms with Crippen LogP contribution < -0.4 is 0 Å². The van der Waals surface area contributed by atoms with Gasteiger partial charge in [-0.3, -0.25) is 0 Å². The van der Waals surface area contributed by atoms with Gasteiger partial charge in [-0.15, -0.1) is 0 Å². The average Bonchev–Trinajstić information content (AvgIpc) is 2.30. The van der Waals surface area contributed by atoms with Crippen molar-refractivity contribution >= 4 is 33.2 Å². The number of hydrogen-bond donors (Lipinski definition) is 1. The number of aromatic hydroxyl groups is 1. The number of benzene rings is 1. The fourth-order valence-corrected chi connectivity index (χ4v) is 3.25.